The molecule has 0 aliphatic rings. The number of carbonyl (C=O) groups is 1. The number of imidazole rings is 1. The van der Waals surface area contributed by atoms with E-state index in [0.717, 1.165) is 22.3 Å². The zero-order valence-corrected chi connectivity index (χ0v) is 23.3. The Morgan fingerprint density at radius 3 is 2.86 bits per heavy atom. The van der Waals surface area contributed by atoms with Crippen molar-refractivity contribution in [2.75, 3.05) is 5.73 Å². The number of aromatic amines is 1. The highest BCUT2D eigenvalue weighted by atomic mass is 16.2. The molecule has 0 aliphatic heterocycles. The third kappa shape index (κ3) is 4.99. The summed E-state index contributed by atoms with van der Waals surface area (Å²) in [6, 6.07) is 8.72. The number of amides is 1. The molecule has 0 saturated carbocycles. The minimum atomic E-state index is -0.557. The summed E-state index contributed by atoms with van der Waals surface area (Å²) in [5.74, 6) is 5.89. The van der Waals surface area contributed by atoms with Gasteiger partial charge >= 0.3 is 0 Å². The Morgan fingerprint density at radius 2 is 2.10 bits per heavy atom. The van der Waals surface area contributed by atoms with Gasteiger partial charge in [-0.1, -0.05) is 24.0 Å². The SMILES string of the molecule is Cc1ccn2nc(N)c(C(=O)NC(C)c3cc4cccc(C#Cc5cnn(C)c5)c4c(=O)n3CCc3c[nH]cn3)c2n1. The quantitative estimate of drug-likeness (QED) is 0.265. The molecule has 42 heavy (non-hydrogen) atoms. The van der Waals surface area contributed by atoms with E-state index in [9.17, 15) is 9.59 Å². The zero-order chi connectivity index (χ0) is 29.4. The fourth-order valence-electron chi connectivity index (χ4n) is 4.99. The van der Waals surface area contributed by atoms with Crippen molar-refractivity contribution in [3.05, 3.63) is 106 Å². The van der Waals surface area contributed by atoms with Crippen molar-refractivity contribution in [3.63, 3.8) is 0 Å². The van der Waals surface area contributed by atoms with Gasteiger partial charge in [-0.05, 0) is 37.4 Å². The molecule has 5 aromatic heterocycles. The summed E-state index contributed by atoms with van der Waals surface area (Å²) in [5.41, 5.74) is 10.0. The standard InChI is InChI=1S/C30H28N10O2/c1-18-9-12-40-28(35-18)26(27(31)37-40)29(41)36-19(2)24-13-22-6-4-5-21(8-7-20-14-34-38(3)16-20)25(22)30(42)39(24)11-10-23-15-32-17-33-23/h4-6,9,12-17,19H,10-11H2,1-3H3,(H2,31,37)(H,32,33)(H,36,41). The number of aryl methyl sites for hydroxylation is 3. The molecular formula is C30H28N10O2. The number of nitrogens with zero attached hydrogens (tertiary/aromatic N) is 7. The van der Waals surface area contributed by atoms with Gasteiger partial charge < -0.3 is 20.6 Å². The molecule has 0 radical (unpaired) electrons. The molecule has 0 saturated heterocycles. The summed E-state index contributed by atoms with van der Waals surface area (Å²) >= 11 is 0. The highest BCUT2D eigenvalue weighted by Gasteiger charge is 2.23. The Bertz CT molecular complexity index is 2070. The molecule has 1 aromatic carbocycles. The van der Waals surface area contributed by atoms with Crippen molar-refractivity contribution in [2.45, 2.75) is 32.9 Å². The van der Waals surface area contributed by atoms with Crippen LogP contribution in [-0.4, -0.2) is 44.8 Å². The molecule has 1 atom stereocenters. The minimum absolute atomic E-state index is 0.0732. The fourth-order valence-corrected chi connectivity index (χ4v) is 4.99. The lowest BCUT2D eigenvalue weighted by Gasteiger charge is -2.21. The summed E-state index contributed by atoms with van der Waals surface area (Å²) in [6.45, 7) is 4.01. The molecule has 12 nitrogen and oxygen atoms in total. The van der Waals surface area contributed by atoms with E-state index in [1.165, 1.54) is 4.52 Å². The smallest absolute Gasteiger partial charge is 0.259 e. The molecule has 6 rings (SSSR count). The van der Waals surface area contributed by atoms with Crippen LogP contribution in [-0.2, 0) is 20.0 Å². The average molecular weight is 561 g/mol. The maximum Gasteiger partial charge on any atom is 0.259 e. The Morgan fingerprint density at radius 1 is 1.24 bits per heavy atom. The van der Waals surface area contributed by atoms with Crippen molar-refractivity contribution in [3.8, 4) is 11.8 Å². The number of nitrogens with two attached hydrogens (primary N) is 1. The Balaban J connectivity index is 1.42. The van der Waals surface area contributed by atoms with E-state index in [1.54, 1.807) is 40.2 Å². The van der Waals surface area contributed by atoms with Crippen molar-refractivity contribution < 1.29 is 4.79 Å². The molecule has 4 N–H and O–H groups in total. The second-order valence-corrected chi connectivity index (χ2v) is 10.1. The van der Waals surface area contributed by atoms with Crippen LogP contribution < -0.4 is 16.6 Å². The van der Waals surface area contributed by atoms with Crippen LogP contribution in [0.4, 0.5) is 5.82 Å². The largest absolute Gasteiger partial charge is 0.381 e. The van der Waals surface area contributed by atoms with E-state index in [4.69, 9.17) is 5.73 Å². The van der Waals surface area contributed by atoms with Gasteiger partial charge in [0.1, 0.15) is 5.56 Å². The number of H-pyrrole nitrogens is 1. The highest BCUT2D eigenvalue weighted by Crippen LogP contribution is 2.23. The molecule has 210 valence electrons. The Kier molecular flexibility index (Phi) is 6.76. The summed E-state index contributed by atoms with van der Waals surface area (Å²) in [4.78, 5) is 39.3. The molecule has 1 amide bonds. The van der Waals surface area contributed by atoms with Crippen LogP contribution in [0.25, 0.3) is 16.4 Å². The zero-order valence-electron chi connectivity index (χ0n) is 23.3. The van der Waals surface area contributed by atoms with E-state index in [-0.39, 0.29) is 16.9 Å². The van der Waals surface area contributed by atoms with Gasteiger partial charge in [0.2, 0.25) is 0 Å². The van der Waals surface area contributed by atoms with Gasteiger partial charge in [-0.2, -0.15) is 5.10 Å². The number of pyridine rings is 1. The predicted molar refractivity (Wildman–Crippen MR) is 158 cm³/mol. The third-order valence-corrected chi connectivity index (χ3v) is 7.03. The number of anilines is 1. The Hall–Kier alpha value is -5.70. The molecular weight excluding hydrogens is 532 g/mol. The van der Waals surface area contributed by atoms with Gasteiger partial charge in [0.15, 0.2) is 11.5 Å². The maximum atomic E-state index is 14.1. The molecule has 0 fully saturated rings. The third-order valence-electron chi connectivity index (χ3n) is 7.03. The lowest BCUT2D eigenvalue weighted by Crippen LogP contribution is -2.33. The van der Waals surface area contributed by atoms with Gasteiger partial charge in [-0.15, -0.1) is 5.10 Å². The van der Waals surface area contributed by atoms with E-state index in [0.29, 0.717) is 35.3 Å². The van der Waals surface area contributed by atoms with Gasteiger partial charge in [-0.25, -0.2) is 14.5 Å². The fraction of sp³-hybridized carbons (Fsp3) is 0.200. The van der Waals surface area contributed by atoms with Gasteiger partial charge in [0, 0.05) is 55.6 Å². The Labute approximate surface area is 240 Å². The molecule has 0 bridgehead atoms. The first kappa shape index (κ1) is 26.5. The number of aromatic nitrogens is 8. The minimum Gasteiger partial charge on any atom is -0.381 e. The normalized spacial score (nSPS) is 11.9. The van der Waals surface area contributed by atoms with Gasteiger partial charge in [-0.3, -0.25) is 14.3 Å². The van der Waals surface area contributed by atoms with Crippen molar-refractivity contribution in [1.82, 2.24) is 44.2 Å². The van der Waals surface area contributed by atoms with Crippen LogP contribution >= 0.6 is 0 Å². The van der Waals surface area contributed by atoms with Gasteiger partial charge in [0.25, 0.3) is 11.5 Å². The van der Waals surface area contributed by atoms with Gasteiger partial charge in [0.05, 0.1) is 35.2 Å². The van der Waals surface area contributed by atoms with Crippen LogP contribution in [0.15, 0.2) is 66.2 Å². The molecule has 1 unspecified atom stereocenters. The number of nitrogen functional groups attached to an aromatic ring is 1. The van der Waals surface area contributed by atoms with Crippen molar-refractivity contribution >= 4 is 28.1 Å². The number of benzene rings is 1. The second-order valence-electron chi connectivity index (χ2n) is 10.1. The number of hydrogen-bond acceptors (Lipinski definition) is 7. The van der Waals surface area contributed by atoms with Crippen molar-refractivity contribution in [1.29, 1.82) is 0 Å². The van der Waals surface area contributed by atoms with Crippen LogP contribution in [0.1, 0.15) is 51.5 Å². The van der Waals surface area contributed by atoms with Crippen LogP contribution in [0.3, 0.4) is 0 Å². The lowest BCUT2D eigenvalue weighted by molar-refractivity contribution is 0.0940. The molecule has 0 aliphatic carbocycles. The van der Waals surface area contributed by atoms with E-state index >= 15 is 0 Å². The first-order chi connectivity index (χ1) is 20.3. The summed E-state index contributed by atoms with van der Waals surface area (Å²) in [5, 5.41) is 12.6. The molecule has 0 spiro atoms. The molecule has 6 aromatic rings. The van der Waals surface area contributed by atoms with Crippen molar-refractivity contribution in [2.24, 2.45) is 7.05 Å². The highest BCUT2D eigenvalue weighted by molar-refractivity contribution is 6.04. The first-order valence-corrected chi connectivity index (χ1v) is 13.4. The number of carbonyl (C=O) groups excluding carboxylic acids is 1. The first-order valence-electron chi connectivity index (χ1n) is 13.4. The van der Waals surface area contributed by atoms with Crippen LogP contribution in [0.2, 0.25) is 0 Å². The topological polar surface area (TPSA) is 154 Å². The second kappa shape index (κ2) is 10.7. The molecule has 5 heterocycles. The van der Waals surface area contributed by atoms with E-state index < -0.39 is 11.9 Å². The average Bonchev–Trinajstić information content (AvgIpc) is 3.70. The number of nitrogens with one attached hydrogen (secondary N) is 2. The number of fused-ring (bicyclic) bond motifs is 2. The maximum absolute atomic E-state index is 14.1. The number of rotatable bonds is 6. The predicted octanol–water partition coefficient (Wildman–Crippen LogP) is 2.52. The van der Waals surface area contributed by atoms with E-state index in [2.05, 4.69) is 42.3 Å². The summed E-state index contributed by atoms with van der Waals surface area (Å²) < 4.78 is 4.83. The molecule has 12 heteroatoms. The lowest BCUT2D eigenvalue weighted by atomic mass is 10.0. The number of hydrogen-bond donors (Lipinski definition) is 3. The van der Waals surface area contributed by atoms with Crippen LogP contribution in [0, 0.1) is 18.8 Å². The monoisotopic (exact) mass is 560 g/mol. The summed E-state index contributed by atoms with van der Waals surface area (Å²) in [7, 11) is 1.82. The van der Waals surface area contributed by atoms with Crippen LogP contribution in [0.5, 0.6) is 0 Å². The summed E-state index contributed by atoms with van der Waals surface area (Å²) in [6.07, 6.45) is 9.11. The van der Waals surface area contributed by atoms with E-state index in [1.807, 2.05) is 51.4 Å².